The molecule has 0 saturated carbocycles. The molecular formula is C22H21F2NO6. The molecular weight excluding hydrogens is 412 g/mol. The number of ether oxygens (including phenoxy) is 5. The topological polar surface area (TPSA) is 75.6 Å². The molecule has 164 valence electrons. The Balaban J connectivity index is 1.98. The van der Waals surface area contributed by atoms with E-state index in [0.717, 1.165) is 0 Å². The number of aliphatic imine (C=N–C) groups is 1. The minimum atomic E-state index is -3.07. The van der Waals surface area contributed by atoms with Crippen molar-refractivity contribution in [1.29, 1.82) is 0 Å². The summed E-state index contributed by atoms with van der Waals surface area (Å²) in [6, 6.07) is 9.57. The van der Waals surface area contributed by atoms with Gasteiger partial charge in [0, 0.05) is 11.1 Å². The van der Waals surface area contributed by atoms with E-state index >= 15 is 0 Å². The molecule has 1 heterocycles. The van der Waals surface area contributed by atoms with Crippen molar-refractivity contribution in [2.45, 2.75) is 20.5 Å². The van der Waals surface area contributed by atoms with Gasteiger partial charge in [0.1, 0.15) is 0 Å². The van der Waals surface area contributed by atoms with Crippen LogP contribution in [0.3, 0.4) is 0 Å². The summed E-state index contributed by atoms with van der Waals surface area (Å²) >= 11 is 0. The number of methoxy groups -OCH3 is 1. The van der Waals surface area contributed by atoms with Crippen LogP contribution in [0.5, 0.6) is 23.0 Å². The van der Waals surface area contributed by atoms with Gasteiger partial charge < -0.3 is 23.7 Å². The number of alkyl halides is 2. The van der Waals surface area contributed by atoms with E-state index in [2.05, 4.69) is 9.73 Å². The van der Waals surface area contributed by atoms with Crippen LogP contribution in [0.4, 0.5) is 8.78 Å². The van der Waals surface area contributed by atoms with Crippen molar-refractivity contribution in [3.05, 3.63) is 53.2 Å². The van der Waals surface area contributed by atoms with E-state index in [1.165, 1.54) is 25.3 Å². The van der Waals surface area contributed by atoms with Crippen LogP contribution < -0.4 is 18.9 Å². The van der Waals surface area contributed by atoms with Gasteiger partial charge in [-0.25, -0.2) is 9.79 Å². The number of carbonyl (C=O) groups excluding carboxylic acids is 1. The Bertz CT molecular complexity index is 1020. The van der Waals surface area contributed by atoms with Gasteiger partial charge >= 0.3 is 12.6 Å². The maximum atomic E-state index is 12.8. The number of benzene rings is 2. The minimum absolute atomic E-state index is 0.0551. The fourth-order valence-electron chi connectivity index (χ4n) is 2.89. The summed E-state index contributed by atoms with van der Waals surface area (Å²) < 4.78 is 51.7. The summed E-state index contributed by atoms with van der Waals surface area (Å²) in [5.41, 5.74) is 0.617. The monoisotopic (exact) mass is 433 g/mol. The SMILES string of the molecule is CCOc1ccc(C2=N/C(=C\c3cccc(OC)c3OC(F)F)C(=O)O2)cc1OCC. The lowest BCUT2D eigenvalue weighted by atomic mass is 10.1. The summed E-state index contributed by atoms with van der Waals surface area (Å²) in [6.45, 7) is 1.51. The molecule has 31 heavy (non-hydrogen) atoms. The first kappa shape index (κ1) is 22.1. The molecule has 0 aliphatic carbocycles. The molecule has 0 bridgehead atoms. The van der Waals surface area contributed by atoms with E-state index in [4.69, 9.17) is 18.9 Å². The zero-order valence-electron chi connectivity index (χ0n) is 17.2. The molecule has 2 aromatic carbocycles. The van der Waals surface area contributed by atoms with Gasteiger partial charge in [0.25, 0.3) is 0 Å². The van der Waals surface area contributed by atoms with Crippen LogP contribution >= 0.6 is 0 Å². The van der Waals surface area contributed by atoms with E-state index in [-0.39, 0.29) is 28.7 Å². The molecule has 3 rings (SSSR count). The summed E-state index contributed by atoms with van der Waals surface area (Å²) in [6.07, 6.45) is 1.30. The fourth-order valence-corrected chi connectivity index (χ4v) is 2.89. The average molecular weight is 433 g/mol. The Morgan fingerprint density at radius 1 is 1.06 bits per heavy atom. The summed E-state index contributed by atoms with van der Waals surface area (Å²) in [5, 5.41) is 0. The number of carbonyl (C=O) groups is 1. The molecule has 0 atom stereocenters. The summed E-state index contributed by atoms with van der Waals surface area (Å²) in [5.74, 6) is 0.256. The Morgan fingerprint density at radius 2 is 1.81 bits per heavy atom. The Hall–Kier alpha value is -3.62. The maximum absolute atomic E-state index is 12.8. The number of cyclic esters (lactones) is 1. The van der Waals surface area contributed by atoms with Gasteiger partial charge in [-0.1, -0.05) is 12.1 Å². The smallest absolute Gasteiger partial charge is 0.387 e. The molecule has 7 nitrogen and oxygen atoms in total. The highest BCUT2D eigenvalue weighted by molar-refractivity contribution is 6.13. The lowest BCUT2D eigenvalue weighted by Gasteiger charge is -2.12. The molecule has 9 heteroatoms. The predicted octanol–water partition coefficient (Wildman–Crippen LogP) is 4.44. The van der Waals surface area contributed by atoms with Crippen LogP contribution in [0.1, 0.15) is 25.0 Å². The van der Waals surface area contributed by atoms with E-state index in [1.54, 1.807) is 24.3 Å². The van der Waals surface area contributed by atoms with Crippen molar-refractivity contribution in [1.82, 2.24) is 0 Å². The molecule has 0 fully saturated rings. The van der Waals surface area contributed by atoms with Gasteiger partial charge in [0.2, 0.25) is 5.90 Å². The molecule has 0 radical (unpaired) electrons. The zero-order valence-corrected chi connectivity index (χ0v) is 17.2. The molecule has 0 N–H and O–H groups in total. The van der Waals surface area contributed by atoms with Crippen molar-refractivity contribution in [2.24, 2.45) is 4.99 Å². The van der Waals surface area contributed by atoms with Crippen LogP contribution in [0, 0.1) is 0 Å². The zero-order chi connectivity index (χ0) is 22.4. The van der Waals surface area contributed by atoms with Gasteiger partial charge in [0.05, 0.1) is 20.3 Å². The molecule has 2 aromatic rings. The number of halogens is 2. The molecule has 1 aliphatic rings. The Morgan fingerprint density at radius 3 is 2.48 bits per heavy atom. The molecule has 0 saturated heterocycles. The van der Waals surface area contributed by atoms with E-state index in [0.29, 0.717) is 30.3 Å². The molecule has 1 aliphatic heterocycles. The number of nitrogens with zero attached hydrogens (tertiary/aromatic N) is 1. The number of para-hydroxylation sites is 1. The number of esters is 1. The Kier molecular flexibility index (Phi) is 7.07. The third-order valence-electron chi connectivity index (χ3n) is 4.14. The highest BCUT2D eigenvalue weighted by Gasteiger charge is 2.26. The van der Waals surface area contributed by atoms with Crippen LogP contribution in [0.15, 0.2) is 47.1 Å². The van der Waals surface area contributed by atoms with Crippen LogP contribution in [-0.4, -0.2) is 38.8 Å². The Labute approximate surface area is 177 Å². The van der Waals surface area contributed by atoms with E-state index < -0.39 is 12.6 Å². The highest BCUT2D eigenvalue weighted by atomic mass is 19.3. The van der Waals surface area contributed by atoms with Crippen LogP contribution in [-0.2, 0) is 9.53 Å². The van der Waals surface area contributed by atoms with Gasteiger partial charge in [-0.15, -0.1) is 0 Å². The molecule has 0 amide bonds. The van der Waals surface area contributed by atoms with Gasteiger partial charge in [0.15, 0.2) is 28.7 Å². The predicted molar refractivity (Wildman–Crippen MR) is 109 cm³/mol. The maximum Gasteiger partial charge on any atom is 0.387 e. The highest BCUT2D eigenvalue weighted by Crippen LogP contribution is 2.35. The normalized spacial score (nSPS) is 14.5. The number of hydrogen-bond acceptors (Lipinski definition) is 7. The van der Waals surface area contributed by atoms with Crippen molar-refractivity contribution >= 4 is 17.9 Å². The lowest BCUT2D eigenvalue weighted by molar-refractivity contribution is -0.129. The van der Waals surface area contributed by atoms with E-state index in [1.807, 2.05) is 13.8 Å². The first-order chi connectivity index (χ1) is 15.0. The molecule has 0 spiro atoms. The van der Waals surface area contributed by atoms with Crippen molar-refractivity contribution in [3.8, 4) is 23.0 Å². The third-order valence-corrected chi connectivity index (χ3v) is 4.14. The van der Waals surface area contributed by atoms with Crippen molar-refractivity contribution < 1.29 is 37.3 Å². The lowest BCUT2D eigenvalue weighted by Crippen LogP contribution is -2.07. The van der Waals surface area contributed by atoms with Gasteiger partial charge in [-0.2, -0.15) is 8.78 Å². The van der Waals surface area contributed by atoms with Crippen molar-refractivity contribution in [2.75, 3.05) is 20.3 Å². The second kappa shape index (κ2) is 9.92. The fraction of sp³-hybridized carbons (Fsp3) is 0.273. The molecule has 0 aromatic heterocycles. The van der Waals surface area contributed by atoms with Gasteiger partial charge in [-0.3, -0.25) is 0 Å². The first-order valence-corrected chi connectivity index (χ1v) is 9.51. The summed E-state index contributed by atoms with van der Waals surface area (Å²) in [7, 11) is 1.33. The van der Waals surface area contributed by atoms with Gasteiger partial charge in [-0.05, 0) is 44.2 Å². The van der Waals surface area contributed by atoms with Crippen molar-refractivity contribution in [3.63, 3.8) is 0 Å². The average Bonchev–Trinajstić information content (AvgIpc) is 3.11. The number of rotatable bonds is 9. The van der Waals surface area contributed by atoms with Crippen LogP contribution in [0.25, 0.3) is 6.08 Å². The second-order valence-corrected chi connectivity index (χ2v) is 6.12. The van der Waals surface area contributed by atoms with E-state index in [9.17, 15) is 13.6 Å². The van der Waals surface area contributed by atoms with Crippen LogP contribution in [0.2, 0.25) is 0 Å². The quantitative estimate of drug-likeness (QED) is 0.430. The summed E-state index contributed by atoms with van der Waals surface area (Å²) in [4.78, 5) is 16.6. The third kappa shape index (κ3) is 5.11. The minimum Gasteiger partial charge on any atom is -0.493 e. The standard InChI is InChI=1S/C22H21F2NO6/c1-4-28-16-10-9-14(12-18(16)29-5-2)20-25-15(21(26)31-20)11-13-7-6-8-17(27-3)19(13)30-22(23)24/h6-12,22H,4-5H2,1-3H3/b15-11-. The first-order valence-electron chi connectivity index (χ1n) is 9.51. The largest absolute Gasteiger partial charge is 0.493 e. The number of hydrogen-bond donors (Lipinski definition) is 0. The molecule has 0 unspecified atom stereocenters. The second-order valence-electron chi connectivity index (χ2n) is 6.12.